The Morgan fingerprint density at radius 3 is 1.89 bits per heavy atom. The van der Waals surface area contributed by atoms with Gasteiger partial charge in [0.15, 0.2) is 11.9 Å². The third kappa shape index (κ3) is 28.6. The van der Waals surface area contributed by atoms with Crippen LogP contribution in [0, 0.1) is 0 Å². The molecule has 3 unspecified atom stereocenters. The zero-order valence-corrected chi connectivity index (χ0v) is 64.1. The highest BCUT2D eigenvalue weighted by molar-refractivity contribution is 7.86. The second-order valence-electron chi connectivity index (χ2n) is 25.1. The number of hydrogen-bond donors (Lipinski definition) is 12. The fourth-order valence-corrected chi connectivity index (χ4v) is 16.8. The van der Waals surface area contributed by atoms with Crippen molar-refractivity contribution in [1.82, 2.24) is 20.2 Å². The van der Waals surface area contributed by atoms with E-state index in [9.17, 15) is 105 Å². The molecule has 3 aliphatic heterocycles. The van der Waals surface area contributed by atoms with Crippen LogP contribution in [0.25, 0.3) is 6.08 Å². The van der Waals surface area contributed by atoms with Gasteiger partial charge in [-0.05, 0) is 88.4 Å². The number of nitrogens with one attached hydrogen (secondary N) is 3. The van der Waals surface area contributed by atoms with Gasteiger partial charge < -0.3 is 78.3 Å². The first-order valence-electron chi connectivity index (χ1n) is 33.0. The Bertz CT molecular complexity index is 4490. The van der Waals surface area contributed by atoms with Crippen LogP contribution >= 0.6 is 23.5 Å². The van der Waals surface area contributed by atoms with Crippen LogP contribution in [0.3, 0.4) is 0 Å². The molecular weight excluding hydrogens is 1570 g/mol. The number of carbonyl (C=O) groups is 2. The van der Waals surface area contributed by atoms with Crippen molar-refractivity contribution in [2.45, 2.75) is 124 Å². The van der Waals surface area contributed by atoms with Crippen LogP contribution in [0.2, 0.25) is 0 Å². The molecule has 0 spiro atoms. The fraction of sp³-hybridized carbons (Fsp3) is 0.583. The Labute approximate surface area is 616 Å². The Kier molecular flexibility index (Phi) is 33.4. The van der Waals surface area contributed by atoms with Crippen LogP contribution in [0.4, 0.5) is 11.4 Å². The Hall–Kier alpha value is -5.52. The highest BCUT2D eigenvalue weighted by atomic mass is 32.2. The van der Waals surface area contributed by atoms with Gasteiger partial charge in [0.2, 0.25) is 17.5 Å². The molecule has 0 bridgehead atoms. The van der Waals surface area contributed by atoms with Crippen molar-refractivity contribution in [2.24, 2.45) is 0 Å². The average molecular weight is 1660 g/mol. The second kappa shape index (κ2) is 39.6. The molecule has 2 aromatic carbocycles. The van der Waals surface area contributed by atoms with E-state index in [1.165, 1.54) is 48.6 Å². The normalized spacial score (nSPS) is 20.6. The molecule has 107 heavy (non-hydrogen) atoms. The van der Waals surface area contributed by atoms with E-state index in [0.29, 0.717) is 64.3 Å². The van der Waals surface area contributed by atoms with Crippen molar-refractivity contribution in [3.8, 4) is 0 Å². The molecule has 3 aliphatic rings. The molecule has 3 aromatic rings. The van der Waals surface area contributed by atoms with Gasteiger partial charge >= 0.3 is 29.2 Å². The van der Waals surface area contributed by atoms with E-state index in [1.807, 2.05) is 16.8 Å². The predicted octanol–water partition coefficient (Wildman–Crippen LogP) is 1.56. The number of fused-ring (bicyclic) bond motifs is 2. The number of aromatic nitrogens is 2. The monoisotopic (exact) mass is 1660 g/mol. The van der Waals surface area contributed by atoms with Crippen LogP contribution in [-0.2, 0) is 116 Å². The number of phosphoric ester groups is 1. The van der Waals surface area contributed by atoms with Crippen molar-refractivity contribution in [3.05, 3.63) is 110 Å². The van der Waals surface area contributed by atoms with Gasteiger partial charge in [-0.2, -0.15) is 38.5 Å². The minimum absolute atomic E-state index is 0.0341. The van der Waals surface area contributed by atoms with E-state index in [-0.39, 0.29) is 141 Å². The Morgan fingerprint density at radius 2 is 1.28 bits per heavy atom. The molecule has 0 radical (unpaired) electrons. The average Bonchev–Trinajstić information content (AvgIpc) is 1.58. The predicted molar refractivity (Wildman–Crippen MR) is 376 cm³/mol. The zero-order valence-electron chi connectivity index (χ0n) is 58.2. The number of nitrogens with zero attached hydrogens (tertiary/aromatic N) is 3. The summed E-state index contributed by atoms with van der Waals surface area (Å²) >= 11 is 0. The second-order valence-corrected chi connectivity index (χ2v) is 35.5. The summed E-state index contributed by atoms with van der Waals surface area (Å²) in [6, 6.07) is 8.03. The van der Waals surface area contributed by atoms with Gasteiger partial charge in [0.25, 0.3) is 35.9 Å². The molecule has 7 atom stereocenters. The van der Waals surface area contributed by atoms with Crippen molar-refractivity contribution >= 4 is 98.9 Å². The highest BCUT2D eigenvalue weighted by Crippen LogP contribution is 2.66. The number of H-pyrrole nitrogens is 1. The number of allylic oxidation sites excluding steroid dienone is 4. The molecule has 4 heterocycles. The number of phosphoric acid groups is 3. The van der Waals surface area contributed by atoms with E-state index in [2.05, 4.69) is 23.8 Å². The van der Waals surface area contributed by atoms with E-state index >= 15 is 0 Å². The van der Waals surface area contributed by atoms with Crippen molar-refractivity contribution in [3.63, 3.8) is 0 Å². The number of rotatable bonds is 48. The number of ether oxygens (including phenoxy) is 6. The molecule has 1 saturated heterocycles. The molecule has 47 heteroatoms. The Balaban J connectivity index is 0.851. The van der Waals surface area contributed by atoms with E-state index in [4.69, 9.17) is 38.2 Å². The Morgan fingerprint density at radius 1 is 0.692 bits per heavy atom. The van der Waals surface area contributed by atoms with Crippen molar-refractivity contribution in [1.29, 1.82) is 0 Å². The lowest BCUT2D eigenvalue weighted by Crippen LogP contribution is -2.38. The lowest BCUT2D eigenvalue weighted by Gasteiger charge is -2.30. The highest BCUT2D eigenvalue weighted by Gasteiger charge is 2.49. The van der Waals surface area contributed by atoms with Crippen LogP contribution in [0.1, 0.15) is 101 Å². The smallest absolute Gasteiger partial charge is 0.490 e. The zero-order chi connectivity index (χ0) is 79.4. The van der Waals surface area contributed by atoms with Crippen molar-refractivity contribution in [2.75, 3.05) is 115 Å². The maximum atomic E-state index is 12.8. The standard InChI is InChI=1S/C60H89N6O34P3S4/c1-59(2)45-38-43(106(86,87)88)16-18-47(45)64(25-11-37-105(83,84)85)50(59)13-9-14-51-60(3,21-6-8-36-104(80,81)82)46-39-44(107(89,90)91)17-19-48(46)65(51)24-7-4-5-15-52(67)62-23-27-93-29-31-95-33-35-96-34-32-94-30-28-92-26-20-53(68)61-22-10-12-42-40-66(58(72)63-56(42)71)57-55(70)54(69)49(98-57)41-97-102(76,77)100-103(78,79)99-101(73,74)75/h9-10,12-14,16-19,38-40,49,54-55,57,69-70H,4-8,11,15,20-37,41H2,1-3H3,(H10-,61,62,63,67,68,71,72,73,74,75,76,77,78,79,80,81,82,83,84,85,86,87,88,89,90,91)/b12-10+/t49-,54-,55-,57-,60?/m1/s1. The molecule has 6 rings (SSSR count). The number of unbranched alkanes of at least 4 members (excludes halogenated alkanes) is 3. The minimum atomic E-state index is -5.87. The number of benzene rings is 2. The van der Waals surface area contributed by atoms with Gasteiger partial charge in [-0.1, -0.05) is 31.1 Å². The summed E-state index contributed by atoms with van der Waals surface area (Å²) in [6.07, 6.45) is 3.50. The molecule has 602 valence electrons. The molecule has 0 saturated carbocycles. The lowest BCUT2D eigenvalue weighted by molar-refractivity contribution is -0.437. The first-order valence-corrected chi connectivity index (χ1v) is 43.6. The van der Waals surface area contributed by atoms with Gasteiger partial charge in [0, 0.05) is 79.6 Å². The summed E-state index contributed by atoms with van der Waals surface area (Å²) in [5.41, 5.74) is -1.02. The molecular formula is C60H89N6O34P3S4. The van der Waals surface area contributed by atoms with Crippen LogP contribution in [0.15, 0.2) is 92.0 Å². The number of aliphatic hydroxyl groups excluding tert-OH is 2. The SMILES string of the molecule is CC1(C)C(C=CC=C2N(CCCCCC(=O)NCCOCCOCCOCCOCCOCCC(=O)NC/C=C/c3cn([C@@H]4O[C@H](COP(=O)(O)OP(=O)(O)OP(=O)(O)O)[C@@H](O)[C@H]4O)c(=O)[nH]c3=O)c3ccc(S(=O)(=O)[O-])cc3C2(C)CCCCS(=O)(=O)O)=[N+](CCCS(=O)(=O)O)c2ccc(S(=O)(=O)O)cc21. The van der Waals surface area contributed by atoms with Gasteiger partial charge in [-0.3, -0.25) is 42.1 Å². The molecule has 1 aromatic heterocycles. The summed E-state index contributed by atoms with van der Waals surface area (Å²) in [5, 5.41) is 26.4. The number of carbonyl (C=O) groups excluding carboxylic acids is 2. The number of hydrogen-bond acceptors (Lipinski definition) is 28. The maximum absolute atomic E-state index is 12.8. The number of anilines is 1. The van der Waals surface area contributed by atoms with Crippen LogP contribution < -0.4 is 26.8 Å². The van der Waals surface area contributed by atoms with Crippen molar-refractivity contribution < 1.29 is 151 Å². The molecule has 12 N–H and O–H groups in total. The number of aliphatic hydroxyl groups is 2. The number of aromatic amines is 1. The fourth-order valence-electron chi connectivity index (χ4n) is 11.7. The molecule has 0 aliphatic carbocycles. The van der Waals surface area contributed by atoms with E-state index < -0.39 is 139 Å². The maximum Gasteiger partial charge on any atom is 0.490 e. The van der Waals surface area contributed by atoms with Gasteiger partial charge in [-0.25, -0.2) is 26.9 Å². The first kappa shape index (κ1) is 90.4. The van der Waals surface area contributed by atoms with Gasteiger partial charge in [-0.15, -0.1) is 0 Å². The van der Waals surface area contributed by atoms with Crippen LogP contribution in [-0.4, -0.2) is 242 Å². The quantitative estimate of drug-likeness (QED) is 0.0165. The summed E-state index contributed by atoms with van der Waals surface area (Å²) in [4.78, 5) is 89.8. The summed E-state index contributed by atoms with van der Waals surface area (Å²) < 4.78 is 219. The van der Waals surface area contributed by atoms with E-state index in [0.717, 1.165) is 6.20 Å². The number of amides is 2. The van der Waals surface area contributed by atoms with Gasteiger partial charge in [0.1, 0.15) is 35.0 Å². The van der Waals surface area contributed by atoms with Crippen LogP contribution in [0.5, 0.6) is 0 Å². The third-order valence-electron chi connectivity index (χ3n) is 16.7. The first-order chi connectivity index (χ1) is 49.8. The minimum Gasteiger partial charge on any atom is -0.744 e. The summed E-state index contributed by atoms with van der Waals surface area (Å²) in [6.45, 7) is 6.93. The summed E-state index contributed by atoms with van der Waals surface area (Å²) in [7, 11) is -35.5. The summed E-state index contributed by atoms with van der Waals surface area (Å²) in [5.74, 6) is -1.76. The van der Waals surface area contributed by atoms with E-state index in [1.54, 1.807) is 36.7 Å². The topological polar surface area (TPSA) is 595 Å². The largest absolute Gasteiger partial charge is 0.744 e. The molecule has 2 amide bonds. The third-order valence-corrected chi connectivity index (χ3v) is 23.8. The lowest BCUT2D eigenvalue weighted by atomic mass is 9.77. The molecule has 40 nitrogen and oxygen atoms in total. The molecule has 1 fully saturated rings. The van der Waals surface area contributed by atoms with Gasteiger partial charge in [0.05, 0.1) is 105 Å².